The highest BCUT2D eigenvalue weighted by molar-refractivity contribution is 8.00. The Labute approximate surface area is 188 Å². The predicted octanol–water partition coefficient (Wildman–Crippen LogP) is 6.51. The van der Waals surface area contributed by atoms with Crippen molar-refractivity contribution in [2.24, 2.45) is 0 Å². The van der Waals surface area contributed by atoms with Crippen LogP contribution < -0.4 is 10.6 Å². The van der Waals surface area contributed by atoms with Crippen molar-refractivity contribution in [2.75, 3.05) is 10.6 Å². The second-order valence-electron chi connectivity index (χ2n) is 7.60. The van der Waals surface area contributed by atoms with E-state index >= 15 is 0 Å². The van der Waals surface area contributed by atoms with Crippen LogP contribution in [0.5, 0.6) is 0 Å². The monoisotopic (exact) mass is 432 g/mol. The molecule has 3 aromatic carbocycles. The van der Waals surface area contributed by atoms with Crippen molar-refractivity contribution in [3.63, 3.8) is 0 Å². The average Bonchev–Trinajstić information content (AvgIpc) is 2.73. The third-order valence-electron chi connectivity index (χ3n) is 4.70. The predicted molar refractivity (Wildman–Crippen MR) is 130 cm³/mol. The highest BCUT2D eigenvalue weighted by Crippen LogP contribution is 2.36. The fraction of sp³-hybridized carbons (Fsp3) is 0.231. The molecule has 0 aromatic heterocycles. The van der Waals surface area contributed by atoms with Crippen LogP contribution in [0.2, 0.25) is 0 Å². The highest BCUT2D eigenvalue weighted by atomic mass is 32.2. The summed E-state index contributed by atoms with van der Waals surface area (Å²) >= 11 is 1.49. The zero-order valence-corrected chi connectivity index (χ0v) is 19.0. The molecular weight excluding hydrogens is 404 g/mol. The van der Waals surface area contributed by atoms with E-state index in [4.69, 9.17) is 0 Å². The molecule has 0 saturated heterocycles. The van der Waals surface area contributed by atoms with E-state index in [1.54, 1.807) is 0 Å². The van der Waals surface area contributed by atoms with Crippen LogP contribution in [0, 0.1) is 13.8 Å². The maximum absolute atomic E-state index is 13.2. The van der Waals surface area contributed by atoms with Crippen LogP contribution in [0.25, 0.3) is 0 Å². The lowest BCUT2D eigenvalue weighted by Gasteiger charge is -2.18. The van der Waals surface area contributed by atoms with E-state index in [0.717, 1.165) is 39.4 Å². The number of rotatable bonds is 8. The minimum atomic E-state index is -0.400. The molecular formula is C26H28N2O2S. The van der Waals surface area contributed by atoms with Crippen LogP contribution in [-0.4, -0.2) is 11.8 Å². The van der Waals surface area contributed by atoms with E-state index in [1.807, 2.05) is 87.5 Å². The van der Waals surface area contributed by atoms with Gasteiger partial charge in [-0.05, 0) is 73.4 Å². The maximum atomic E-state index is 13.2. The minimum Gasteiger partial charge on any atom is -0.326 e. The van der Waals surface area contributed by atoms with Gasteiger partial charge >= 0.3 is 0 Å². The van der Waals surface area contributed by atoms with Gasteiger partial charge in [-0.2, -0.15) is 0 Å². The van der Waals surface area contributed by atoms with Gasteiger partial charge in [-0.3, -0.25) is 9.59 Å². The lowest BCUT2D eigenvalue weighted by molar-refractivity contribution is -0.116. The number of amides is 2. The summed E-state index contributed by atoms with van der Waals surface area (Å²) in [7, 11) is 0. The number of aryl methyl sites for hydroxylation is 2. The normalized spacial score (nSPS) is 11.6. The zero-order chi connectivity index (χ0) is 22.2. The fourth-order valence-corrected chi connectivity index (χ4v) is 4.38. The molecule has 0 heterocycles. The molecule has 0 radical (unpaired) electrons. The molecule has 2 amide bonds. The molecule has 0 bridgehead atoms. The number of thioether (sulfide) groups is 1. The van der Waals surface area contributed by atoms with Gasteiger partial charge in [-0.1, -0.05) is 43.3 Å². The lowest BCUT2D eigenvalue weighted by Crippen LogP contribution is -2.19. The summed E-state index contributed by atoms with van der Waals surface area (Å²) in [5, 5.41) is 5.57. The van der Waals surface area contributed by atoms with Gasteiger partial charge < -0.3 is 10.6 Å². The van der Waals surface area contributed by atoms with Crippen molar-refractivity contribution < 1.29 is 9.59 Å². The van der Waals surface area contributed by atoms with Crippen molar-refractivity contribution in [1.82, 2.24) is 0 Å². The Hall–Kier alpha value is -3.05. The molecule has 2 N–H and O–H groups in total. The van der Waals surface area contributed by atoms with Crippen LogP contribution in [0.3, 0.4) is 0 Å². The molecule has 0 saturated carbocycles. The smallest absolute Gasteiger partial charge is 0.242 e. The minimum absolute atomic E-state index is 0.0119. The Bertz CT molecular complexity index is 1010. The molecule has 5 heteroatoms. The second kappa shape index (κ2) is 10.8. The van der Waals surface area contributed by atoms with Gasteiger partial charge in [0.25, 0.3) is 0 Å². The van der Waals surface area contributed by atoms with Gasteiger partial charge in [0.15, 0.2) is 0 Å². The Morgan fingerprint density at radius 2 is 1.48 bits per heavy atom. The number of hydrogen-bond donors (Lipinski definition) is 2. The van der Waals surface area contributed by atoms with E-state index in [9.17, 15) is 9.59 Å². The molecule has 1 atom stereocenters. The second-order valence-corrected chi connectivity index (χ2v) is 8.78. The van der Waals surface area contributed by atoms with Crippen molar-refractivity contribution >= 4 is 35.0 Å². The van der Waals surface area contributed by atoms with Crippen LogP contribution in [-0.2, 0) is 9.59 Å². The van der Waals surface area contributed by atoms with E-state index < -0.39 is 5.25 Å². The largest absolute Gasteiger partial charge is 0.326 e. The van der Waals surface area contributed by atoms with Gasteiger partial charge in [-0.25, -0.2) is 0 Å². The summed E-state index contributed by atoms with van der Waals surface area (Å²) in [4.78, 5) is 26.0. The van der Waals surface area contributed by atoms with Crippen LogP contribution in [0.1, 0.15) is 41.7 Å². The first-order valence-electron chi connectivity index (χ1n) is 10.5. The zero-order valence-electron chi connectivity index (χ0n) is 18.1. The number of nitrogens with one attached hydrogen (secondary N) is 2. The molecule has 0 fully saturated rings. The summed E-state index contributed by atoms with van der Waals surface area (Å²) in [6, 6.07) is 23.4. The van der Waals surface area contributed by atoms with E-state index in [2.05, 4.69) is 16.7 Å². The summed E-state index contributed by atoms with van der Waals surface area (Å²) in [5.41, 5.74) is 4.73. The third kappa shape index (κ3) is 6.72. The highest BCUT2D eigenvalue weighted by Gasteiger charge is 2.22. The number of hydrogen-bond acceptors (Lipinski definition) is 3. The van der Waals surface area contributed by atoms with Crippen molar-refractivity contribution in [2.45, 2.75) is 43.8 Å². The fourth-order valence-electron chi connectivity index (χ4n) is 3.36. The molecule has 0 aliphatic rings. The molecule has 31 heavy (non-hydrogen) atoms. The first kappa shape index (κ1) is 22.6. The molecule has 0 spiro atoms. The molecule has 0 aliphatic carbocycles. The lowest BCUT2D eigenvalue weighted by atomic mass is 10.1. The third-order valence-corrected chi connectivity index (χ3v) is 5.97. The number of carbonyl (C=O) groups is 2. The van der Waals surface area contributed by atoms with Crippen molar-refractivity contribution in [1.29, 1.82) is 0 Å². The Morgan fingerprint density at radius 1 is 0.839 bits per heavy atom. The van der Waals surface area contributed by atoms with Crippen LogP contribution in [0.15, 0.2) is 77.7 Å². The SMILES string of the molecule is CCCC(=O)Nc1ccc(SC(C(=O)Nc2cc(C)cc(C)c2)c2ccccc2)cc1. The number of benzene rings is 3. The van der Waals surface area contributed by atoms with Crippen molar-refractivity contribution in [3.05, 3.63) is 89.5 Å². The topological polar surface area (TPSA) is 58.2 Å². The molecule has 4 nitrogen and oxygen atoms in total. The Morgan fingerprint density at radius 3 is 2.10 bits per heavy atom. The number of carbonyl (C=O) groups excluding carboxylic acids is 2. The molecule has 0 aliphatic heterocycles. The van der Waals surface area contributed by atoms with Crippen molar-refractivity contribution in [3.8, 4) is 0 Å². The Balaban J connectivity index is 1.78. The Kier molecular flexibility index (Phi) is 7.90. The van der Waals surface area contributed by atoms with Crippen LogP contribution in [0.4, 0.5) is 11.4 Å². The van der Waals surface area contributed by atoms with Gasteiger partial charge in [0.2, 0.25) is 11.8 Å². The van der Waals surface area contributed by atoms with Gasteiger partial charge in [0.1, 0.15) is 5.25 Å². The summed E-state index contributed by atoms with van der Waals surface area (Å²) in [6.07, 6.45) is 1.32. The van der Waals surface area contributed by atoms with Crippen LogP contribution >= 0.6 is 11.8 Å². The number of anilines is 2. The molecule has 3 aromatic rings. The first-order chi connectivity index (χ1) is 14.9. The van der Waals surface area contributed by atoms with E-state index in [-0.39, 0.29) is 11.8 Å². The average molecular weight is 433 g/mol. The molecule has 160 valence electrons. The molecule has 1 unspecified atom stereocenters. The standard InChI is InChI=1S/C26H28N2O2S/c1-4-8-24(29)27-21-11-13-23(14-12-21)31-25(20-9-6-5-7-10-20)26(30)28-22-16-18(2)15-19(3)17-22/h5-7,9-17,25H,4,8H2,1-3H3,(H,27,29)(H,28,30). The van der Waals surface area contributed by atoms with Gasteiger partial charge in [0, 0.05) is 22.7 Å². The quantitative estimate of drug-likeness (QED) is 0.399. The van der Waals surface area contributed by atoms with Gasteiger partial charge in [-0.15, -0.1) is 11.8 Å². The first-order valence-corrected chi connectivity index (χ1v) is 11.3. The molecule has 3 rings (SSSR count). The summed E-state index contributed by atoms with van der Waals surface area (Å²) < 4.78 is 0. The summed E-state index contributed by atoms with van der Waals surface area (Å²) in [6.45, 7) is 6.02. The van der Waals surface area contributed by atoms with Gasteiger partial charge in [0.05, 0.1) is 0 Å². The maximum Gasteiger partial charge on any atom is 0.242 e. The van der Waals surface area contributed by atoms with E-state index in [1.165, 1.54) is 11.8 Å². The summed E-state index contributed by atoms with van der Waals surface area (Å²) in [5.74, 6) is -0.0561. The van der Waals surface area contributed by atoms with E-state index in [0.29, 0.717) is 6.42 Å².